The van der Waals surface area contributed by atoms with E-state index in [-0.39, 0.29) is 18.9 Å². The number of thiazole rings is 1. The van der Waals surface area contributed by atoms with Gasteiger partial charge < -0.3 is 9.47 Å². The quantitative estimate of drug-likeness (QED) is 0.206. The third-order valence-corrected chi connectivity index (χ3v) is 10.0. The van der Waals surface area contributed by atoms with Gasteiger partial charge in [-0.1, -0.05) is 54.4 Å². The fourth-order valence-electron chi connectivity index (χ4n) is 6.35. The number of likely N-dealkylation sites (tertiary alicyclic amines) is 1. The molecule has 0 radical (unpaired) electrons. The summed E-state index contributed by atoms with van der Waals surface area (Å²) in [7, 11) is 0. The van der Waals surface area contributed by atoms with Crippen molar-refractivity contribution in [2.75, 3.05) is 25.0 Å². The Bertz CT molecular complexity index is 1820. The Morgan fingerprint density at radius 3 is 2.73 bits per heavy atom. The van der Waals surface area contributed by atoms with Gasteiger partial charge in [-0.3, -0.25) is 14.8 Å². The SMILES string of the molecule is CCN1CC[C@@H](c2ccc(-c3cc(Cl)c4cn(C(C(=O)Nc5nccs5)c5ncn6c5C[C@@H](F)C6)nc4c3Cl)cc2)[C@H](F)C1. The Hall–Kier alpha value is -3.38. The zero-order chi connectivity index (χ0) is 30.5. The van der Waals surface area contributed by atoms with E-state index in [1.54, 1.807) is 34.7 Å². The molecule has 4 atom stereocenters. The number of anilines is 1. The Morgan fingerprint density at radius 2 is 2.00 bits per heavy atom. The second kappa shape index (κ2) is 11.8. The molecule has 0 bridgehead atoms. The number of carbonyl (C=O) groups excluding carboxylic acids is 1. The first kappa shape index (κ1) is 29.3. The molecule has 5 aromatic rings. The lowest BCUT2D eigenvalue weighted by Crippen LogP contribution is -2.40. The van der Waals surface area contributed by atoms with Crippen LogP contribution in [0.5, 0.6) is 0 Å². The van der Waals surface area contributed by atoms with Gasteiger partial charge in [0.1, 0.15) is 17.9 Å². The number of piperidine rings is 1. The van der Waals surface area contributed by atoms with Crippen molar-refractivity contribution in [1.29, 1.82) is 0 Å². The lowest BCUT2D eigenvalue weighted by Gasteiger charge is -2.34. The monoisotopic (exact) mass is 655 g/mol. The van der Waals surface area contributed by atoms with Gasteiger partial charge in [-0.2, -0.15) is 5.10 Å². The van der Waals surface area contributed by atoms with E-state index < -0.39 is 24.3 Å². The van der Waals surface area contributed by atoms with E-state index in [4.69, 9.17) is 28.3 Å². The van der Waals surface area contributed by atoms with E-state index >= 15 is 0 Å². The summed E-state index contributed by atoms with van der Waals surface area (Å²) in [5.41, 5.74) is 3.92. The highest BCUT2D eigenvalue weighted by atomic mass is 35.5. The van der Waals surface area contributed by atoms with E-state index in [0.29, 0.717) is 49.6 Å². The third kappa shape index (κ3) is 5.29. The zero-order valence-electron chi connectivity index (χ0n) is 23.8. The third-order valence-electron chi connectivity index (χ3n) is 8.65. The van der Waals surface area contributed by atoms with Crippen molar-refractivity contribution in [3.63, 3.8) is 0 Å². The van der Waals surface area contributed by atoms with Crippen molar-refractivity contribution in [1.82, 2.24) is 29.2 Å². The van der Waals surface area contributed by atoms with Crippen LogP contribution in [0, 0.1) is 0 Å². The molecule has 228 valence electrons. The van der Waals surface area contributed by atoms with Crippen LogP contribution in [0.25, 0.3) is 22.0 Å². The number of aromatic nitrogens is 5. The van der Waals surface area contributed by atoms with Gasteiger partial charge in [0.15, 0.2) is 11.2 Å². The van der Waals surface area contributed by atoms with Gasteiger partial charge in [-0.25, -0.2) is 18.7 Å². The normalized spacial score (nSPS) is 21.1. The van der Waals surface area contributed by atoms with Gasteiger partial charge in [0.25, 0.3) is 5.91 Å². The largest absolute Gasteiger partial charge is 0.331 e. The van der Waals surface area contributed by atoms with E-state index in [0.717, 1.165) is 30.6 Å². The first-order chi connectivity index (χ1) is 21.3. The summed E-state index contributed by atoms with van der Waals surface area (Å²) < 4.78 is 32.5. The van der Waals surface area contributed by atoms with Crippen molar-refractivity contribution < 1.29 is 13.6 Å². The molecular weight excluding hydrogens is 627 g/mol. The maximum atomic E-state index is 15.0. The summed E-state index contributed by atoms with van der Waals surface area (Å²) in [5, 5.41) is 11.1. The van der Waals surface area contributed by atoms with Crippen LogP contribution in [0.3, 0.4) is 0 Å². The zero-order valence-corrected chi connectivity index (χ0v) is 26.1. The number of hydrogen-bond donors (Lipinski definition) is 1. The van der Waals surface area contributed by atoms with Crippen LogP contribution in [0.15, 0.2) is 54.4 Å². The Balaban J connectivity index is 1.24. The van der Waals surface area contributed by atoms with Gasteiger partial charge in [-0.15, -0.1) is 11.3 Å². The number of carbonyl (C=O) groups is 1. The smallest absolute Gasteiger partial charge is 0.257 e. The van der Waals surface area contributed by atoms with Crippen LogP contribution in [-0.2, 0) is 17.8 Å². The molecule has 7 rings (SSSR count). The lowest BCUT2D eigenvalue weighted by atomic mass is 9.87. The summed E-state index contributed by atoms with van der Waals surface area (Å²) in [5.74, 6) is -0.566. The molecule has 0 saturated carbocycles. The van der Waals surface area contributed by atoms with E-state index in [9.17, 15) is 13.6 Å². The molecule has 2 aliphatic heterocycles. The first-order valence-electron chi connectivity index (χ1n) is 14.5. The van der Waals surface area contributed by atoms with Gasteiger partial charge in [0.05, 0.1) is 28.6 Å². The molecule has 8 nitrogen and oxygen atoms in total. The summed E-state index contributed by atoms with van der Waals surface area (Å²) in [6, 6.07) is 8.53. The number of imidazole rings is 1. The number of nitrogens with one attached hydrogen (secondary N) is 1. The molecule has 1 saturated heterocycles. The van der Waals surface area contributed by atoms with Crippen LogP contribution in [0.2, 0.25) is 10.0 Å². The molecule has 1 unspecified atom stereocenters. The first-order valence-corrected chi connectivity index (χ1v) is 16.2. The van der Waals surface area contributed by atoms with Gasteiger partial charge in [0, 0.05) is 53.3 Å². The van der Waals surface area contributed by atoms with Crippen molar-refractivity contribution >= 4 is 56.5 Å². The van der Waals surface area contributed by atoms with Gasteiger partial charge in [0.2, 0.25) is 0 Å². The van der Waals surface area contributed by atoms with Crippen molar-refractivity contribution in [2.24, 2.45) is 0 Å². The van der Waals surface area contributed by atoms with Crippen LogP contribution >= 0.6 is 34.5 Å². The molecule has 0 aliphatic carbocycles. The fraction of sp³-hybridized carbons (Fsp3) is 0.355. The Kier molecular flexibility index (Phi) is 7.90. The average molecular weight is 657 g/mol. The minimum atomic E-state index is -1.05. The van der Waals surface area contributed by atoms with Crippen LogP contribution in [-0.4, -0.2) is 67.1 Å². The van der Waals surface area contributed by atoms with Gasteiger partial charge >= 0.3 is 0 Å². The van der Waals surface area contributed by atoms with Crippen LogP contribution < -0.4 is 5.32 Å². The molecule has 13 heteroatoms. The van der Waals surface area contributed by atoms with Crippen LogP contribution in [0.1, 0.15) is 42.3 Å². The summed E-state index contributed by atoms with van der Waals surface area (Å²) >= 11 is 15.0. The number of amides is 1. The number of halogens is 4. The summed E-state index contributed by atoms with van der Waals surface area (Å²) in [4.78, 5) is 24.5. The van der Waals surface area contributed by atoms with Crippen molar-refractivity contribution in [3.05, 3.63) is 81.4 Å². The van der Waals surface area contributed by atoms with Crippen LogP contribution in [0.4, 0.5) is 13.9 Å². The minimum absolute atomic E-state index is 0.145. The summed E-state index contributed by atoms with van der Waals surface area (Å²) in [6.45, 7) is 4.42. The van der Waals surface area contributed by atoms with Crippen molar-refractivity contribution in [3.8, 4) is 11.1 Å². The van der Waals surface area contributed by atoms with Crippen molar-refractivity contribution in [2.45, 2.75) is 50.6 Å². The predicted molar refractivity (Wildman–Crippen MR) is 169 cm³/mol. The highest BCUT2D eigenvalue weighted by Gasteiger charge is 2.35. The molecule has 0 spiro atoms. The highest BCUT2D eigenvalue weighted by Crippen LogP contribution is 2.40. The fourth-order valence-corrected chi connectivity index (χ4v) is 7.44. The maximum Gasteiger partial charge on any atom is 0.257 e. The molecule has 2 aromatic carbocycles. The van der Waals surface area contributed by atoms with Gasteiger partial charge in [-0.05, 0) is 36.7 Å². The number of benzene rings is 2. The number of rotatable bonds is 7. The molecule has 5 heterocycles. The standard InChI is InChI=1S/C31H29Cl2F2N7OS/c1-2-40-9-7-20(24(35)15-40)17-3-5-18(6-4-17)21-12-23(32)22-14-42(39-27(22)26(21)33)29(30(43)38-31-36-8-10-44-31)28-25-11-19(34)13-41(25)16-37-28/h3-6,8,10,12,14,16,19-20,24,29H,2,7,9,11,13,15H2,1H3,(H,36,38,43)/t19-,20+,24-,29?/m1/s1. The number of alkyl halides is 2. The lowest BCUT2D eigenvalue weighted by molar-refractivity contribution is -0.118. The topological polar surface area (TPSA) is 80.9 Å². The van der Waals surface area contributed by atoms with E-state index in [1.807, 2.05) is 24.3 Å². The summed E-state index contributed by atoms with van der Waals surface area (Å²) in [6.07, 6.45) is 3.77. The average Bonchev–Trinajstić information content (AvgIpc) is 3.82. The van der Waals surface area contributed by atoms with E-state index in [2.05, 4.69) is 27.1 Å². The Labute approximate surface area is 266 Å². The highest BCUT2D eigenvalue weighted by molar-refractivity contribution is 7.13. The van der Waals surface area contributed by atoms with E-state index in [1.165, 1.54) is 16.0 Å². The second-order valence-electron chi connectivity index (χ2n) is 11.3. The molecular formula is C31H29Cl2F2N7OS. The molecule has 1 N–H and O–H groups in total. The Morgan fingerprint density at radius 1 is 1.18 bits per heavy atom. The number of nitrogens with zero attached hydrogens (tertiary/aromatic N) is 6. The predicted octanol–water partition coefficient (Wildman–Crippen LogP) is 6.93. The molecule has 1 fully saturated rings. The molecule has 1 amide bonds. The minimum Gasteiger partial charge on any atom is -0.331 e. The second-order valence-corrected chi connectivity index (χ2v) is 13.0. The number of fused-ring (bicyclic) bond motifs is 2. The maximum absolute atomic E-state index is 15.0. The number of hydrogen-bond acceptors (Lipinski definition) is 6. The molecule has 2 aliphatic rings. The molecule has 44 heavy (non-hydrogen) atoms. The molecule has 3 aromatic heterocycles.